The first kappa shape index (κ1) is 10.9. The van der Waals surface area contributed by atoms with E-state index < -0.39 is 0 Å². The average Bonchev–Trinajstić information content (AvgIpc) is 1.86. The molecule has 0 aromatic carbocycles. The molecule has 0 fully saturated rings. The second-order valence-electron chi connectivity index (χ2n) is 3.03. The van der Waals surface area contributed by atoms with Crippen molar-refractivity contribution in [3.8, 4) is 0 Å². The molecule has 0 aromatic heterocycles. The average molecular weight is 161 g/mol. The van der Waals surface area contributed by atoms with Crippen LogP contribution in [0.1, 0.15) is 20.3 Å². The minimum absolute atomic E-state index is 0.134. The number of rotatable bonds is 6. The molecule has 0 radical (unpaired) electrons. The third-order valence-corrected chi connectivity index (χ3v) is 1.32. The minimum Gasteiger partial charge on any atom is -0.382 e. The van der Waals surface area contributed by atoms with Crippen LogP contribution < -0.4 is 5.73 Å². The Hall–Kier alpha value is -0.120. The molecule has 0 spiro atoms. The summed E-state index contributed by atoms with van der Waals surface area (Å²) in [6.45, 7) is 5.45. The van der Waals surface area contributed by atoms with E-state index in [1.165, 1.54) is 0 Å². The molecular formula is C8H19NO2. The Morgan fingerprint density at radius 2 is 1.91 bits per heavy atom. The number of hydrogen-bond donors (Lipinski definition) is 1. The van der Waals surface area contributed by atoms with Gasteiger partial charge >= 0.3 is 0 Å². The molecule has 0 aliphatic carbocycles. The Morgan fingerprint density at radius 3 is 2.36 bits per heavy atom. The van der Waals surface area contributed by atoms with Crippen LogP contribution in [0.2, 0.25) is 0 Å². The van der Waals surface area contributed by atoms with Crippen molar-refractivity contribution in [3.63, 3.8) is 0 Å². The summed E-state index contributed by atoms with van der Waals surface area (Å²) in [5.74, 6) is 0.590. The number of hydrogen-bond acceptors (Lipinski definition) is 3. The van der Waals surface area contributed by atoms with Crippen LogP contribution in [-0.2, 0) is 9.47 Å². The number of ether oxygens (including phenoxy) is 2. The lowest BCUT2D eigenvalue weighted by atomic mass is 10.1. The predicted molar refractivity (Wildman–Crippen MR) is 45.3 cm³/mol. The van der Waals surface area contributed by atoms with Crippen LogP contribution in [0.25, 0.3) is 0 Å². The van der Waals surface area contributed by atoms with Gasteiger partial charge in [-0.3, -0.25) is 0 Å². The van der Waals surface area contributed by atoms with Crippen LogP contribution in [-0.4, -0.2) is 26.6 Å². The van der Waals surface area contributed by atoms with E-state index in [9.17, 15) is 0 Å². The molecule has 0 bridgehead atoms. The van der Waals surface area contributed by atoms with Crippen molar-refractivity contribution in [1.29, 1.82) is 0 Å². The maximum Gasteiger partial charge on any atom is 0.105 e. The Bertz CT molecular complexity index is 86.2. The summed E-state index contributed by atoms with van der Waals surface area (Å²) < 4.78 is 10.1. The third kappa shape index (κ3) is 7.78. The van der Waals surface area contributed by atoms with Crippen molar-refractivity contribution in [1.82, 2.24) is 0 Å². The normalized spacial score (nSPS) is 13.9. The zero-order valence-electron chi connectivity index (χ0n) is 7.67. The van der Waals surface area contributed by atoms with E-state index in [2.05, 4.69) is 13.8 Å². The van der Waals surface area contributed by atoms with E-state index in [4.69, 9.17) is 15.2 Å². The predicted octanol–water partition coefficient (Wildman–Crippen LogP) is 0.980. The molecule has 2 N–H and O–H groups in total. The molecule has 0 aliphatic heterocycles. The lowest BCUT2D eigenvalue weighted by Crippen LogP contribution is -2.27. The molecule has 1 atom stereocenters. The van der Waals surface area contributed by atoms with Gasteiger partial charge < -0.3 is 15.2 Å². The fourth-order valence-electron chi connectivity index (χ4n) is 0.815. The van der Waals surface area contributed by atoms with Crippen LogP contribution in [0.5, 0.6) is 0 Å². The Balaban J connectivity index is 3.15. The molecule has 0 aromatic rings. The molecule has 0 amide bonds. The first-order chi connectivity index (χ1) is 5.16. The Labute approximate surface area is 68.9 Å². The fraction of sp³-hybridized carbons (Fsp3) is 1.00. The molecule has 0 saturated carbocycles. The van der Waals surface area contributed by atoms with Gasteiger partial charge in [-0.2, -0.15) is 0 Å². The summed E-state index contributed by atoms with van der Waals surface area (Å²) in [6, 6.07) is 0. The van der Waals surface area contributed by atoms with Crippen molar-refractivity contribution in [2.24, 2.45) is 11.7 Å². The maximum atomic E-state index is 5.64. The minimum atomic E-state index is -0.134. The van der Waals surface area contributed by atoms with Gasteiger partial charge in [0.2, 0.25) is 0 Å². The first-order valence-electron chi connectivity index (χ1n) is 4.03. The summed E-state index contributed by atoms with van der Waals surface area (Å²) in [4.78, 5) is 0. The van der Waals surface area contributed by atoms with Gasteiger partial charge in [-0.15, -0.1) is 0 Å². The highest BCUT2D eigenvalue weighted by molar-refractivity contribution is 4.51. The van der Waals surface area contributed by atoms with E-state index in [0.29, 0.717) is 19.1 Å². The fourth-order valence-corrected chi connectivity index (χ4v) is 0.815. The van der Waals surface area contributed by atoms with Crippen LogP contribution in [0.4, 0.5) is 0 Å². The maximum absolute atomic E-state index is 5.64. The van der Waals surface area contributed by atoms with Gasteiger partial charge in [0.1, 0.15) is 6.23 Å². The van der Waals surface area contributed by atoms with Crippen LogP contribution in [0.15, 0.2) is 0 Å². The monoisotopic (exact) mass is 161 g/mol. The zero-order valence-corrected chi connectivity index (χ0v) is 7.67. The highest BCUT2D eigenvalue weighted by atomic mass is 16.5. The molecule has 0 heterocycles. The van der Waals surface area contributed by atoms with Gasteiger partial charge in [0.25, 0.3) is 0 Å². The van der Waals surface area contributed by atoms with Crippen molar-refractivity contribution >= 4 is 0 Å². The van der Waals surface area contributed by atoms with Gasteiger partial charge in [-0.25, -0.2) is 0 Å². The van der Waals surface area contributed by atoms with Crippen LogP contribution in [0, 0.1) is 5.92 Å². The van der Waals surface area contributed by atoms with E-state index in [0.717, 1.165) is 6.42 Å². The van der Waals surface area contributed by atoms with Crippen molar-refractivity contribution in [2.75, 3.05) is 20.3 Å². The van der Waals surface area contributed by atoms with E-state index in [1.54, 1.807) is 7.11 Å². The number of nitrogens with two attached hydrogens (primary N) is 1. The lowest BCUT2D eigenvalue weighted by molar-refractivity contribution is 0.0109. The molecule has 68 valence electrons. The summed E-state index contributed by atoms with van der Waals surface area (Å²) in [5, 5.41) is 0. The molecule has 11 heavy (non-hydrogen) atoms. The van der Waals surface area contributed by atoms with E-state index in [-0.39, 0.29) is 6.23 Å². The smallest absolute Gasteiger partial charge is 0.105 e. The van der Waals surface area contributed by atoms with Crippen molar-refractivity contribution in [2.45, 2.75) is 26.5 Å². The van der Waals surface area contributed by atoms with E-state index >= 15 is 0 Å². The highest BCUT2D eigenvalue weighted by Crippen LogP contribution is 2.02. The second-order valence-corrected chi connectivity index (χ2v) is 3.03. The summed E-state index contributed by atoms with van der Waals surface area (Å²) in [5.41, 5.74) is 5.64. The molecule has 1 unspecified atom stereocenters. The van der Waals surface area contributed by atoms with Gasteiger partial charge in [-0.05, 0) is 12.3 Å². The number of methoxy groups -OCH3 is 1. The SMILES string of the molecule is COCCOC(N)CC(C)C. The highest BCUT2D eigenvalue weighted by Gasteiger charge is 2.04. The molecule has 0 aliphatic rings. The summed E-state index contributed by atoms with van der Waals surface area (Å²) >= 11 is 0. The molecule has 0 rings (SSSR count). The summed E-state index contributed by atoms with van der Waals surface area (Å²) in [6.07, 6.45) is 0.772. The van der Waals surface area contributed by atoms with Gasteiger partial charge in [0.15, 0.2) is 0 Å². The molecule has 3 nitrogen and oxygen atoms in total. The Kier molecular flexibility index (Phi) is 6.51. The van der Waals surface area contributed by atoms with Gasteiger partial charge in [0.05, 0.1) is 13.2 Å². The van der Waals surface area contributed by atoms with Gasteiger partial charge in [0, 0.05) is 7.11 Å². The topological polar surface area (TPSA) is 44.5 Å². The van der Waals surface area contributed by atoms with Crippen LogP contribution >= 0.6 is 0 Å². The standard InChI is InChI=1S/C8H19NO2/c1-7(2)6-8(9)11-5-4-10-3/h7-8H,4-6,9H2,1-3H3. The largest absolute Gasteiger partial charge is 0.382 e. The second kappa shape index (κ2) is 6.58. The van der Waals surface area contributed by atoms with Crippen molar-refractivity contribution in [3.05, 3.63) is 0 Å². The lowest BCUT2D eigenvalue weighted by Gasteiger charge is -2.14. The molecule has 3 heteroatoms. The molecule has 0 saturated heterocycles. The molecular weight excluding hydrogens is 142 g/mol. The van der Waals surface area contributed by atoms with Crippen molar-refractivity contribution < 1.29 is 9.47 Å². The quantitative estimate of drug-likeness (QED) is 0.466. The van der Waals surface area contributed by atoms with Gasteiger partial charge in [-0.1, -0.05) is 13.8 Å². The third-order valence-electron chi connectivity index (χ3n) is 1.32. The summed E-state index contributed by atoms with van der Waals surface area (Å²) in [7, 11) is 1.65. The zero-order chi connectivity index (χ0) is 8.69. The van der Waals surface area contributed by atoms with E-state index in [1.807, 2.05) is 0 Å². The first-order valence-corrected chi connectivity index (χ1v) is 4.03. The van der Waals surface area contributed by atoms with Crippen LogP contribution in [0.3, 0.4) is 0 Å². The Morgan fingerprint density at radius 1 is 1.27 bits per heavy atom.